The normalized spacial score (nSPS) is 22.1. The Balaban J connectivity index is 1.77. The molecule has 0 saturated carbocycles. The molecule has 2 aromatic rings. The van der Waals surface area contributed by atoms with Gasteiger partial charge < -0.3 is 10.6 Å². The highest BCUT2D eigenvalue weighted by Gasteiger charge is 2.29. The van der Waals surface area contributed by atoms with E-state index in [-0.39, 0.29) is 11.4 Å². The number of nitrogens with one attached hydrogen (secondary N) is 2. The molecule has 1 amide bonds. The summed E-state index contributed by atoms with van der Waals surface area (Å²) in [5.74, 6) is 0.104. The minimum Gasteiger partial charge on any atom is -0.349 e. The van der Waals surface area contributed by atoms with Gasteiger partial charge in [0.2, 0.25) is 5.91 Å². The highest BCUT2D eigenvalue weighted by atomic mass is 16.1. The smallest absolute Gasteiger partial charge is 0.224 e. The quantitative estimate of drug-likeness (QED) is 0.896. The number of carbonyl (C=O) groups excluding carboxylic acids is 1. The van der Waals surface area contributed by atoms with E-state index in [4.69, 9.17) is 0 Å². The van der Waals surface area contributed by atoms with Crippen molar-refractivity contribution in [3.8, 4) is 0 Å². The Kier molecular flexibility index (Phi) is 3.45. The lowest BCUT2D eigenvalue weighted by Crippen LogP contribution is -2.48. The van der Waals surface area contributed by atoms with E-state index in [9.17, 15) is 4.79 Å². The summed E-state index contributed by atoms with van der Waals surface area (Å²) in [6.45, 7) is 3.94. The monoisotopic (exact) mass is 268 g/mol. The first-order chi connectivity index (χ1) is 9.66. The Bertz CT molecular complexity index is 624. The molecule has 1 aliphatic rings. The average molecular weight is 268 g/mol. The van der Waals surface area contributed by atoms with Crippen LogP contribution in [0.3, 0.4) is 0 Å². The van der Waals surface area contributed by atoms with Crippen LogP contribution in [0.4, 0.5) is 0 Å². The molecule has 0 spiro atoms. The van der Waals surface area contributed by atoms with Crippen molar-refractivity contribution in [1.82, 2.24) is 10.6 Å². The van der Waals surface area contributed by atoms with Crippen molar-refractivity contribution in [2.24, 2.45) is 0 Å². The standard InChI is InChI=1S/C17H20N2O/c1-17(9-10-18-12-17)19-16(20)11-14-7-4-6-13-5-2-3-8-15(13)14/h2-8,18H,9-12H2,1H3,(H,19,20). The van der Waals surface area contributed by atoms with E-state index in [1.54, 1.807) is 0 Å². The molecule has 1 fully saturated rings. The van der Waals surface area contributed by atoms with Gasteiger partial charge in [0.25, 0.3) is 0 Å². The molecule has 1 saturated heterocycles. The molecule has 1 unspecified atom stereocenters. The number of rotatable bonds is 3. The third-order valence-electron chi connectivity index (χ3n) is 4.04. The summed E-state index contributed by atoms with van der Waals surface area (Å²) in [7, 11) is 0. The Morgan fingerprint density at radius 3 is 2.85 bits per heavy atom. The maximum Gasteiger partial charge on any atom is 0.224 e. The third-order valence-corrected chi connectivity index (χ3v) is 4.04. The first-order valence-electron chi connectivity index (χ1n) is 7.15. The maximum atomic E-state index is 12.3. The van der Waals surface area contributed by atoms with Gasteiger partial charge in [-0.2, -0.15) is 0 Å². The fourth-order valence-corrected chi connectivity index (χ4v) is 2.92. The molecule has 0 aliphatic carbocycles. The fourth-order valence-electron chi connectivity index (χ4n) is 2.92. The zero-order valence-corrected chi connectivity index (χ0v) is 11.8. The predicted molar refractivity (Wildman–Crippen MR) is 81.7 cm³/mol. The van der Waals surface area contributed by atoms with Gasteiger partial charge in [0.15, 0.2) is 0 Å². The van der Waals surface area contributed by atoms with Gasteiger partial charge in [-0.05, 0) is 36.2 Å². The second-order valence-electron chi connectivity index (χ2n) is 5.85. The third kappa shape index (κ3) is 2.68. The van der Waals surface area contributed by atoms with Crippen LogP contribution >= 0.6 is 0 Å². The number of benzene rings is 2. The van der Waals surface area contributed by atoms with Gasteiger partial charge in [-0.3, -0.25) is 4.79 Å². The van der Waals surface area contributed by atoms with Gasteiger partial charge >= 0.3 is 0 Å². The summed E-state index contributed by atoms with van der Waals surface area (Å²) in [5.41, 5.74) is 0.997. The molecule has 2 aromatic carbocycles. The van der Waals surface area contributed by atoms with Crippen molar-refractivity contribution in [1.29, 1.82) is 0 Å². The molecular formula is C17H20N2O. The van der Waals surface area contributed by atoms with E-state index in [1.807, 2.05) is 24.3 Å². The van der Waals surface area contributed by atoms with Gasteiger partial charge in [0, 0.05) is 6.54 Å². The van der Waals surface area contributed by atoms with Crippen molar-refractivity contribution in [3.05, 3.63) is 48.0 Å². The molecule has 0 aromatic heterocycles. The second kappa shape index (κ2) is 5.25. The zero-order chi connectivity index (χ0) is 14.0. The number of hydrogen-bond acceptors (Lipinski definition) is 2. The molecule has 20 heavy (non-hydrogen) atoms. The summed E-state index contributed by atoms with van der Waals surface area (Å²) >= 11 is 0. The molecule has 0 bridgehead atoms. The lowest BCUT2D eigenvalue weighted by atomic mass is 9.99. The van der Waals surface area contributed by atoms with E-state index >= 15 is 0 Å². The summed E-state index contributed by atoms with van der Waals surface area (Å²) in [4.78, 5) is 12.3. The largest absolute Gasteiger partial charge is 0.349 e. The Morgan fingerprint density at radius 1 is 1.25 bits per heavy atom. The van der Waals surface area contributed by atoms with Crippen LogP contribution in [-0.2, 0) is 11.2 Å². The van der Waals surface area contributed by atoms with Crippen molar-refractivity contribution in [2.45, 2.75) is 25.3 Å². The van der Waals surface area contributed by atoms with Crippen LogP contribution in [0, 0.1) is 0 Å². The lowest BCUT2D eigenvalue weighted by molar-refractivity contribution is -0.122. The molecule has 3 rings (SSSR count). The van der Waals surface area contributed by atoms with Crippen LogP contribution in [0.2, 0.25) is 0 Å². The van der Waals surface area contributed by atoms with Gasteiger partial charge in [-0.1, -0.05) is 42.5 Å². The van der Waals surface area contributed by atoms with E-state index in [0.717, 1.165) is 25.1 Å². The number of hydrogen-bond donors (Lipinski definition) is 2. The summed E-state index contributed by atoms with van der Waals surface area (Å²) in [6.07, 6.45) is 1.44. The minimum absolute atomic E-state index is 0.0956. The van der Waals surface area contributed by atoms with Crippen molar-refractivity contribution in [3.63, 3.8) is 0 Å². The van der Waals surface area contributed by atoms with E-state index in [2.05, 4.69) is 35.8 Å². The molecular weight excluding hydrogens is 248 g/mol. The number of fused-ring (bicyclic) bond motifs is 1. The number of carbonyl (C=O) groups is 1. The minimum atomic E-state index is -0.0956. The first-order valence-corrected chi connectivity index (χ1v) is 7.15. The number of amides is 1. The zero-order valence-electron chi connectivity index (χ0n) is 11.8. The Hall–Kier alpha value is -1.87. The Labute approximate surface area is 119 Å². The highest BCUT2D eigenvalue weighted by Crippen LogP contribution is 2.19. The summed E-state index contributed by atoms with van der Waals surface area (Å²) in [5, 5.41) is 8.82. The molecule has 3 heteroatoms. The second-order valence-corrected chi connectivity index (χ2v) is 5.85. The SMILES string of the molecule is CC1(NC(=O)Cc2cccc3ccccc23)CCNC1. The molecule has 1 atom stereocenters. The molecule has 104 valence electrons. The molecule has 1 heterocycles. The van der Waals surface area contributed by atoms with Gasteiger partial charge in [-0.15, -0.1) is 0 Å². The van der Waals surface area contributed by atoms with Crippen LogP contribution in [0.25, 0.3) is 10.8 Å². The van der Waals surface area contributed by atoms with E-state index < -0.39 is 0 Å². The van der Waals surface area contributed by atoms with E-state index in [1.165, 1.54) is 10.8 Å². The van der Waals surface area contributed by atoms with Gasteiger partial charge in [0.1, 0.15) is 0 Å². The molecule has 0 radical (unpaired) electrons. The molecule has 1 aliphatic heterocycles. The average Bonchev–Trinajstić information content (AvgIpc) is 2.85. The molecule has 2 N–H and O–H groups in total. The van der Waals surface area contributed by atoms with Crippen molar-refractivity contribution in [2.75, 3.05) is 13.1 Å². The fraction of sp³-hybridized carbons (Fsp3) is 0.353. The van der Waals surface area contributed by atoms with Gasteiger partial charge in [-0.25, -0.2) is 0 Å². The maximum absolute atomic E-state index is 12.3. The van der Waals surface area contributed by atoms with Crippen LogP contribution in [0.15, 0.2) is 42.5 Å². The van der Waals surface area contributed by atoms with Crippen LogP contribution in [-0.4, -0.2) is 24.5 Å². The summed E-state index contributed by atoms with van der Waals surface area (Å²) in [6, 6.07) is 14.3. The summed E-state index contributed by atoms with van der Waals surface area (Å²) < 4.78 is 0. The first kappa shape index (κ1) is 13.1. The Morgan fingerprint density at radius 2 is 2.05 bits per heavy atom. The highest BCUT2D eigenvalue weighted by molar-refractivity contribution is 5.90. The van der Waals surface area contributed by atoms with Gasteiger partial charge in [0.05, 0.1) is 12.0 Å². The van der Waals surface area contributed by atoms with E-state index in [0.29, 0.717) is 6.42 Å². The van der Waals surface area contributed by atoms with Crippen LogP contribution < -0.4 is 10.6 Å². The molecule has 3 nitrogen and oxygen atoms in total. The predicted octanol–water partition coefficient (Wildman–Crippen LogP) is 2.25. The van der Waals surface area contributed by atoms with Crippen molar-refractivity contribution < 1.29 is 4.79 Å². The van der Waals surface area contributed by atoms with Crippen LogP contribution in [0.1, 0.15) is 18.9 Å². The van der Waals surface area contributed by atoms with Crippen LogP contribution in [0.5, 0.6) is 0 Å². The lowest BCUT2D eigenvalue weighted by Gasteiger charge is -2.24. The van der Waals surface area contributed by atoms with Crippen molar-refractivity contribution >= 4 is 16.7 Å². The topological polar surface area (TPSA) is 41.1 Å².